The topological polar surface area (TPSA) is 131 Å². The van der Waals surface area contributed by atoms with Crippen LogP contribution in [0.1, 0.15) is 19.4 Å². The number of carbonyl (C=O) groups is 2. The number of hydrogen-bond acceptors (Lipinski definition) is 7. The number of carboxylic acid groups (broad SMARTS) is 1. The van der Waals surface area contributed by atoms with Crippen molar-refractivity contribution in [1.29, 1.82) is 5.26 Å². The molecule has 27 heavy (non-hydrogen) atoms. The van der Waals surface area contributed by atoms with Crippen LogP contribution in [-0.2, 0) is 9.63 Å². The van der Waals surface area contributed by atoms with Crippen LogP contribution < -0.4 is 10.2 Å². The van der Waals surface area contributed by atoms with Crippen molar-refractivity contribution in [1.82, 2.24) is 15.2 Å². The first-order valence-electron chi connectivity index (χ1n) is 8.46. The van der Waals surface area contributed by atoms with Crippen LogP contribution in [0.2, 0.25) is 0 Å². The van der Waals surface area contributed by atoms with Gasteiger partial charge in [0.25, 0.3) is 5.91 Å². The molecule has 1 aliphatic rings. The molecule has 0 radical (unpaired) electrons. The van der Waals surface area contributed by atoms with Gasteiger partial charge in [0.05, 0.1) is 17.8 Å². The fraction of sp³-hybridized carbons (Fsp3) is 0.471. The zero-order chi connectivity index (χ0) is 19.8. The van der Waals surface area contributed by atoms with Gasteiger partial charge < -0.3 is 25.1 Å². The number of pyridine rings is 1. The van der Waals surface area contributed by atoms with E-state index >= 15 is 0 Å². The molecule has 0 aromatic carbocycles. The molecule has 10 nitrogen and oxygen atoms in total. The molecule has 2 amide bonds. The first kappa shape index (κ1) is 20.0. The number of nitrogens with zero attached hydrogens (tertiary/aromatic N) is 5. The van der Waals surface area contributed by atoms with Gasteiger partial charge in [-0.2, -0.15) is 5.26 Å². The van der Waals surface area contributed by atoms with E-state index in [9.17, 15) is 9.59 Å². The molecule has 0 aliphatic carbocycles. The summed E-state index contributed by atoms with van der Waals surface area (Å²) in [4.78, 5) is 35.8. The summed E-state index contributed by atoms with van der Waals surface area (Å²) in [6, 6.07) is 5.00. The zero-order valence-electron chi connectivity index (χ0n) is 15.2. The number of hydrogen-bond donors (Lipinski definition) is 2. The molecule has 2 heterocycles. The van der Waals surface area contributed by atoms with Crippen LogP contribution in [0.15, 0.2) is 23.5 Å². The molecule has 1 saturated heterocycles. The van der Waals surface area contributed by atoms with Crippen LogP contribution in [0.3, 0.4) is 0 Å². The molecule has 144 valence electrons. The molecular formula is C17H22N6O4. The van der Waals surface area contributed by atoms with Crippen LogP contribution in [-0.4, -0.2) is 71.5 Å². The van der Waals surface area contributed by atoms with E-state index in [0.717, 1.165) is 5.82 Å². The third kappa shape index (κ3) is 5.85. The minimum Gasteiger partial charge on any atom is -0.465 e. The van der Waals surface area contributed by atoms with E-state index in [1.54, 1.807) is 24.0 Å². The van der Waals surface area contributed by atoms with Crippen molar-refractivity contribution in [3.05, 3.63) is 23.9 Å². The fourth-order valence-corrected chi connectivity index (χ4v) is 2.72. The van der Waals surface area contributed by atoms with Crippen molar-refractivity contribution in [2.75, 3.05) is 31.1 Å². The highest BCUT2D eigenvalue weighted by atomic mass is 16.6. The number of nitriles is 1. The van der Waals surface area contributed by atoms with Gasteiger partial charge in [-0.3, -0.25) is 4.79 Å². The smallest absolute Gasteiger partial charge is 0.405 e. The van der Waals surface area contributed by atoms with E-state index in [1.165, 1.54) is 12.4 Å². The predicted molar refractivity (Wildman–Crippen MR) is 97.4 cm³/mol. The number of anilines is 1. The lowest BCUT2D eigenvalue weighted by molar-refractivity contribution is -0.138. The van der Waals surface area contributed by atoms with Gasteiger partial charge in [-0.1, -0.05) is 5.16 Å². The maximum Gasteiger partial charge on any atom is 0.405 e. The van der Waals surface area contributed by atoms with Crippen molar-refractivity contribution in [2.24, 2.45) is 5.16 Å². The molecule has 0 saturated carbocycles. The summed E-state index contributed by atoms with van der Waals surface area (Å²) in [5, 5.41) is 23.2. The van der Waals surface area contributed by atoms with Crippen LogP contribution in [0.5, 0.6) is 0 Å². The minimum absolute atomic E-state index is 0.0381. The summed E-state index contributed by atoms with van der Waals surface area (Å²) in [7, 11) is 0. The molecule has 1 aromatic heterocycles. The van der Waals surface area contributed by atoms with Crippen molar-refractivity contribution in [2.45, 2.75) is 25.9 Å². The lowest BCUT2D eigenvalue weighted by atomic mass is 10.2. The molecular weight excluding hydrogens is 352 g/mol. The van der Waals surface area contributed by atoms with Gasteiger partial charge in [-0.15, -0.1) is 0 Å². The highest BCUT2D eigenvalue weighted by Crippen LogP contribution is 2.17. The van der Waals surface area contributed by atoms with Gasteiger partial charge in [-0.05, 0) is 26.0 Å². The molecule has 2 rings (SSSR count). The molecule has 0 bridgehead atoms. The molecule has 2 N–H and O–H groups in total. The Morgan fingerprint density at radius 3 is 2.93 bits per heavy atom. The summed E-state index contributed by atoms with van der Waals surface area (Å²) in [6.45, 7) is 5.09. The lowest BCUT2D eigenvalue weighted by Crippen LogP contribution is -2.55. The van der Waals surface area contributed by atoms with Crippen LogP contribution in [0.25, 0.3) is 0 Å². The molecule has 0 spiro atoms. The van der Waals surface area contributed by atoms with E-state index < -0.39 is 12.1 Å². The second kappa shape index (κ2) is 9.38. The normalized spacial score (nSPS) is 18.0. The average Bonchev–Trinajstić information content (AvgIpc) is 2.64. The number of amides is 2. The number of nitrogens with one attached hydrogen (secondary N) is 1. The van der Waals surface area contributed by atoms with Gasteiger partial charge in [0, 0.05) is 31.9 Å². The van der Waals surface area contributed by atoms with Crippen LogP contribution in [0, 0.1) is 11.3 Å². The Morgan fingerprint density at radius 2 is 2.33 bits per heavy atom. The number of oxime groups is 1. The highest BCUT2D eigenvalue weighted by molar-refractivity contribution is 5.78. The molecule has 2 atom stereocenters. The maximum atomic E-state index is 12.3. The number of aromatic nitrogens is 1. The first-order valence-corrected chi connectivity index (χ1v) is 8.46. The van der Waals surface area contributed by atoms with Crippen LogP contribution >= 0.6 is 0 Å². The monoisotopic (exact) mass is 374 g/mol. The third-order valence-electron chi connectivity index (χ3n) is 4.05. The predicted octanol–water partition coefficient (Wildman–Crippen LogP) is 0.649. The number of rotatable bonds is 6. The van der Waals surface area contributed by atoms with E-state index in [4.69, 9.17) is 15.2 Å². The Morgan fingerprint density at radius 1 is 1.56 bits per heavy atom. The Balaban J connectivity index is 1.81. The average molecular weight is 374 g/mol. The zero-order valence-corrected chi connectivity index (χ0v) is 15.2. The van der Waals surface area contributed by atoms with Gasteiger partial charge >= 0.3 is 6.09 Å². The minimum atomic E-state index is -1.16. The van der Waals surface area contributed by atoms with Crippen molar-refractivity contribution < 1.29 is 19.5 Å². The molecule has 1 fully saturated rings. The molecule has 10 heteroatoms. The van der Waals surface area contributed by atoms with E-state index in [2.05, 4.69) is 20.4 Å². The second-order valence-corrected chi connectivity index (χ2v) is 6.17. The Kier molecular flexibility index (Phi) is 6.93. The Bertz CT molecular complexity index is 730. The SMILES string of the molecule is CC(/C=N/OCC(=O)N1CCN(c2ccc(C#N)cn2)CC1C)NC(=O)O. The van der Waals surface area contributed by atoms with Gasteiger partial charge in [-0.25, -0.2) is 9.78 Å². The second-order valence-electron chi connectivity index (χ2n) is 6.17. The van der Waals surface area contributed by atoms with Crippen molar-refractivity contribution >= 4 is 24.0 Å². The Labute approximate surface area is 157 Å². The molecule has 1 aromatic rings. The van der Waals surface area contributed by atoms with Crippen molar-refractivity contribution in [3.8, 4) is 6.07 Å². The third-order valence-corrected chi connectivity index (χ3v) is 4.05. The maximum absolute atomic E-state index is 12.3. The Hall–Kier alpha value is -3.35. The number of carbonyl (C=O) groups excluding carboxylic acids is 1. The van der Waals surface area contributed by atoms with Gasteiger partial charge in [0.2, 0.25) is 0 Å². The summed E-state index contributed by atoms with van der Waals surface area (Å²) in [6.07, 6.45) is 1.65. The summed E-state index contributed by atoms with van der Waals surface area (Å²) in [5.41, 5.74) is 0.506. The van der Waals surface area contributed by atoms with E-state index in [0.29, 0.717) is 25.2 Å². The summed E-state index contributed by atoms with van der Waals surface area (Å²) < 4.78 is 0. The van der Waals surface area contributed by atoms with Crippen molar-refractivity contribution in [3.63, 3.8) is 0 Å². The molecule has 2 unspecified atom stereocenters. The van der Waals surface area contributed by atoms with E-state index in [1.807, 2.05) is 13.0 Å². The number of piperazine rings is 1. The summed E-state index contributed by atoms with van der Waals surface area (Å²) >= 11 is 0. The lowest BCUT2D eigenvalue weighted by Gasteiger charge is -2.40. The first-order chi connectivity index (χ1) is 12.9. The van der Waals surface area contributed by atoms with Gasteiger partial charge in [0.15, 0.2) is 6.61 Å². The summed E-state index contributed by atoms with van der Waals surface area (Å²) in [5.74, 6) is 0.583. The van der Waals surface area contributed by atoms with Crippen LogP contribution in [0.4, 0.5) is 10.6 Å². The largest absolute Gasteiger partial charge is 0.465 e. The standard InChI is InChI=1S/C17H22N6O4/c1-12(21-17(25)26)8-20-27-11-16(24)23-6-5-22(10-13(23)2)15-4-3-14(7-18)9-19-15/h3-4,8-9,12-13,21H,5-6,10-11H2,1-2H3,(H,25,26)/b20-8+. The van der Waals surface area contributed by atoms with Gasteiger partial charge in [0.1, 0.15) is 11.9 Å². The fourth-order valence-electron chi connectivity index (χ4n) is 2.72. The van der Waals surface area contributed by atoms with E-state index in [-0.39, 0.29) is 18.6 Å². The highest BCUT2D eigenvalue weighted by Gasteiger charge is 2.28. The molecule has 1 aliphatic heterocycles. The quantitative estimate of drug-likeness (QED) is 0.552.